The van der Waals surface area contributed by atoms with Crippen LogP contribution in [-0.4, -0.2) is 30.9 Å². The first-order valence-corrected chi connectivity index (χ1v) is 8.44. The standard InChI is InChI=1S/C21H22O5/c1-3-21(2,14-25-19(23)17-12-8-5-9-13-17)15-26-20(24)18(22)16-10-6-4-7-11-16/h4-13H,3,14-15H2,1-2H3. The highest BCUT2D eigenvalue weighted by Crippen LogP contribution is 2.23. The molecule has 0 aliphatic heterocycles. The molecule has 136 valence electrons. The highest BCUT2D eigenvalue weighted by atomic mass is 16.6. The van der Waals surface area contributed by atoms with Crippen LogP contribution in [0.15, 0.2) is 60.7 Å². The summed E-state index contributed by atoms with van der Waals surface area (Å²) >= 11 is 0. The fourth-order valence-electron chi connectivity index (χ4n) is 2.16. The van der Waals surface area contributed by atoms with E-state index >= 15 is 0 Å². The zero-order valence-corrected chi connectivity index (χ0v) is 14.9. The molecule has 2 aromatic rings. The van der Waals surface area contributed by atoms with E-state index in [1.807, 2.05) is 19.9 Å². The van der Waals surface area contributed by atoms with Crippen LogP contribution in [0.1, 0.15) is 41.0 Å². The van der Waals surface area contributed by atoms with Gasteiger partial charge < -0.3 is 9.47 Å². The third-order valence-electron chi connectivity index (χ3n) is 4.19. The molecule has 0 amide bonds. The molecule has 26 heavy (non-hydrogen) atoms. The Hall–Kier alpha value is -2.95. The van der Waals surface area contributed by atoms with Crippen LogP contribution in [0, 0.1) is 5.41 Å². The van der Waals surface area contributed by atoms with Gasteiger partial charge >= 0.3 is 11.9 Å². The van der Waals surface area contributed by atoms with Crippen LogP contribution < -0.4 is 0 Å². The predicted molar refractivity (Wildman–Crippen MR) is 96.9 cm³/mol. The average Bonchev–Trinajstić information content (AvgIpc) is 2.71. The second-order valence-electron chi connectivity index (χ2n) is 6.38. The van der Waals surface area contributed by atoms with Crippen molar-refractivity contribution in [3.63, 3.8) is 0 Å². The lowest BCUT2D eigenvalue weighted by Crippen LogP contribution is -2.32. The Labute approximate surface area is 152 Å². The molecule has 0 aliphatic rings. The number of ketones is 1. The number of benzene rings is 2. The molecule has 0 spiro atoms. The highest BCUT2D eigenvalue weighted by molar-refractivity contribution is 6.40. The van der Waals surface area contributed by atoms with Gasteiger partial charge in [-0.2, -0.15) is 0 Å². The van der Waals surface area contributed by atoms with E-state index in [-0.39, 0.29) is 18.8 Å². The van der Waals surface area contributed by atoms with Crippen molar-refractivity contribution in [2.24, 2.45) is 5.41 Å². The van der Waals surface area contributed by atoms with Crippen LogP contribution in [-0.2, 0) is 14.3 Å². The van der Waals surface area contributed by atoms with Gasteiger partial charge in [0.2, 0.25) is 0 Å². The molecule has 0 heterocycles. The maximum Gasteiger partial charge on any atom is 0.379 e. The quantitative estimate of drug-likeness (QED) is 0.411. The topological polar surface area (TPSA) is 69.7 Å². The van der Waals surface area contributed by atoms with Crippen molar-refractivity contribution < 1.29 is 23.9 Å². The third kappa shape index (κ3) is 5.28. The van der Waals surface area contributed by atoms with Gasteiger partial charge in [-0.3, -0.25) is 4.79 Å². The fraction of sp³-hybridized carbons (Fsp3) is 0.286. The van der Waals surface area contributed by atoms with Gasteiger partial charge in [-0.25, -0.2) is 9.59 Å². The van der Waals surface area contributed by atoms with Crippen molar-refractivity contribution in [2.45, 2.75) is 20.3 Å². The third-order valence-corrected chi connectivity index (χ3v) is 4.19. The first-order chi connectivity index (χ1) is 12.4. The lowest BCUT2D eigenvalue weighted by Gasteiger charge is -2.26. The Bertz CT molecular complexity index is 754. The van der Waals surface area contributed by atoms with E-state index in [2.05, 4.69) is 0 Å². The largest absolute Gasteiger partial charge is 0.461 e. The SMILES string of the molecule is CCC(C)(COC(=O)C(=O)c1ccccc1)COC(=O)c1ccccc1. The van der Waals surface area contributed by atoms with Crippen LogP contribution in [0.5, 0.6) is 0 Å². The van der Waals surface area contributed by atoms with E-state index in [1.165, 1.54) is 0 Å². The second-order valence-corrected chi connectivity index (χ2v) is 6.38. The van der Waals surface area contributed by atoms with Gasteiger partial charge in [0.05, 0.1) is 5.56 Å². The first-order valence-electron chi connectivity index (χ1n) is 8.44. The van der Waals surface area contributed by atoms with Crippen molar-refractivity contribution in [3.8, 4) is 0 Å². The van der Waals surface area contributed by atoms with Crippen LogP contribution in [0.25, 0.3) is 0 Å². The number of hydrogen-bond donors (Lipinski definition) is 0. The molecule has 0 aromatic heterocycles. The van der Waals surface area contributed by atoms with Crippen molar-refractivity contribution in [1.82, 2.24) is 0 Å². The van der Waals surface area contributed by atoms with Crippen molar-refractivity contribution in [3.05, 3.63) is 71.8 Å². The van der Waals surface area contributed by atoms with E-state index in [0.29, 0.717) is 12.0 Å². The molecule has 2 rings (SSSR count). The smallest absolute Gasteiger partial charge is 0.379 e. The number of ether oxygens (including phenoxy) is 2. The zero-order chi connectivity index (χ0) is 19.0. The summed E-state index contributed by atoms with van der Waals surface area (Å²) in [5, 5.41) is 0. The maximum absolute atomic E-state index is 12.1. The summed E-state index contributed by atoms with van der Waals surface area (Å²) in [5.41, 5.74) is 0.172. The molecule has 0 fully saturated rings. The van der Waals surface area contributed by atoms with Gasteiger partial charge in [-0.05, 0) is 18.6 Å². The summed E-state index contributed by atoms with van der Waals surface area (Å²) in [4.78, 5) is 36.1. The molecular formula is C21H22O5. The normalized spacial score (nSPS) is 12.7. The summed E-state index contributed by atoms with van der Waals surface area (Å²) in [5.74, 6) is -2.03. The van der Waals surface area contributed by atoms with E-state index in [4.69, 9.17) is 9.47 Å². The molecule has 2 aromatic carbocycles. The minimum absolute atomic E-state index is 0.0109. The Morgan fingerprint density at radius 1 is 0.808 bits per heavy atom. The Morgan fingerprint density at radius 3 is 1.85 bits per heavy atom. The molecule has 0 bridgehead atoms. The van der Waals surface area contributed by atoms with Crippen molar-refractivity contribution in [2.75, 3.05) is 13.2 Å². The minimum atomic E-state index is -0.912. The predicted octanol–water partition coefficient (Wildman–Crippen LogP) is 3.69. The fourth-order valence-corrected chi connectivity index (χ4v) is 2.16. The summed E-state index contributed by atoms with van der Waals surface area (Å²) in [6.45, 7) is 3.82. The van der Waals surface area contributed by atoms with E-state index in [0.717, 1.165) is 0 Å². The van der Waals surface area contributed by atoms with Crippen LogP contribution in [0.4, 0.5) is 0 Å². The van der Waals surface area contributed by atoms with E-state index in [9.17, 15) is 14.4 Å². The molecule has 1 unspecified atom stereocenters. The van der Waals surface area contributed by atoms with Gasteiger partial charge in [0.15, 0.2) is 0 Å². The van der Waals surface area contributed by atoms with Crippen molar-refractivity contribution >= 4 is 17.7 Å². The lowest BCUT2D eigenvalue weighted by molar-refractivity contribution is -0.142. The summed E-state index contributed by atoms with van der Waals surface area (Å²) in [6, 6.07) is 16.9. The Kier molecular flexibility index (Phi) is 6.67. The first kappa shape index (κ1) is 19.4. The average molecular weight is 354 g/mol. The maximum atomic E-state index is 12.1. The summed E-state index contributed by atoms with van der Waals surface area (Å²) < 4.78 is 10.5. The number of rotatable bonds is 8. The molecule has 5 nitrogen and oxygen atoms in total. The number of carbonyl (C=O) groups is 3. The molecule has 0 N–H and O–H groups in total. The summed E-state index contributed by atoms with van der Waals surface area (Å²) in [6.07, 6.45) is 0.613. The molecule has 0 radical (unpaired) electrons. The Morgan fingerprint density at radius 2 is 1.31 bits per heavy atom. The van der Waals surface area contributed by atoms with Crippen LogP contribution in [0.2, 0.25) is 0 Å². The van der Waals surface area contributed by atoms with E-state index < -0.39 is 23.1 Å². The van der Waals surface area contributed by atoms with Gasteiger partial charge in [-0.1, -0.05) is 62.4 Å². The minimum Gasteiger partial charge on any atom is -0.461 e. The zero-order valence-electron chi connectivity index (χ0n) is 14.9. The van der Waals surface area contributed by atoms with E-state index in [1.54, 1.807) is 54.6 Å². The molecular weight excluding hydrogens is 332 g/mol. The lowest BCUT2D eigenvalue weighted by atomic mass is 9.90. The van der Waals surface area contributed by atoms with Crippen LogP contribution in [0.3, 0.4) is 0 Å². The highest BCUT2D eigenvalue weighted by Gasteiger charge is 2.28. The number of Topliss-reactive ketones (excluding diaryl/α,β-unsaturated/α-hetero) is 1. The number of hydrogen-bond acceptors (Lipinski definition) is 5. The molecule has 0 aliphatic carbocycles. The molecule has 5 heteroatoms. The van der Waals surface area contributed by atoms with Gasteiger partial charge in [-0.15, -0.1) is 0 Å². The second kappa shape index (κ2) is 8.94. The number of esters is 2. The number of carbonyl (C=O) groups excluding carboxylic acids is 3. The molecule has 0 saturated carbocycles. The Balaban J connectivity index is 1.89. The van der Waals surface area contributed by atoms with Gasteiger partial charge in [0.1, 0.15) is 13.2 Å². The molecule has 0 saturated heterocycles. The molecule has 1 atom stereocenters. The van der Waals surface area contributed by atoms with Crippen LogP contribution >= 0.6 is 0 Å². The van der Waals surface area contributed by atoms with Gasteiger partial charge in [0, 0.05) is 11.0 Å². The van der Waals surface area contributed by atoms with Gasteiger partial charge in [0.25, 0.3) is 5.78 Å². The summed E-state index contributed by atoms with van der Waals surface area (Å²) in [7, 11) is 0. The van der Waals surface area contributed by atoms with Crippen molar-refractivity contribution in [1.29, 1.82) is 0 Å². The monoisotopic (exact) mass is 354 g/mol.